The molecule has 1 fully saturated rings. The number of imidazole rings is 1. The molecule has 0 unspecified atom stereocenters. The van der Waals surface area contributed by atoms with Gasteiger partial charge in [0.25, 0.3) is 5.91 Å². The summed E-state index contributed by atoms with van der Waals surface area (Å²) in [4.78, 5) is 23.5. The fourth-order valence-corrected chi connectivity index (χ4v) is 5.06. The van der Waals surface area contributed by atoms with Crippen molar-refractivity contribution in [2.24, 2.45) is 0 Å². The van der Waals surface area contributed by atoms with Gasteiger partial charge in [0.1, 0.15) is 0 Å². The second-order valence-electron chi connectivity index (χ2n) is 9.42. The standard InChI is InChI=1S/C27H27ClF2N6O3/c1-31-15-27(38)7-10-35(11-8-27)26(37)17-4-3-16(13-19(17)28)34-24-25-33-14-20(36(25)12-9-32-24)18-5-6-21(39-2)23(30)22(18)29/h3-6,9,12-14,31,38H,7-8,10-11,15H2,1-2H3,(H,32,34). The minimum Gasteiger partial charge on any atom is -0.494 e. The van der Waals surface area contributed by atoms with Crippen LogP contribution in [-0.4, -0.2) is 69.7 Å². The van der Waals surface area contributed by atoms with Crippen molar-refractivity contribution in [2.75, 3.05) is 39.1 Å². The second-order valence-corrected chi connectivity index (χ2v) is 9.83. The Balaban J connectivity index is 1.36. The van der Waals surface area contributed by atoms with Crippen LogP contribution >= 0.6 is 11.6 Å². The van der Waals surface area contributed by atoms with E-state index in [0.29, 0.717) is 60.9 Å². The van der Waals surface area contributed by atoms with E-state index in [9.17, 15) is 18.7 Å². The Bertz CT molecular complexity index is 1540. The molecule has 0 spiro atoms. The van der Waals surface area contributed by atoms with Crippen molar-refractivity contribution < 1.29 is 23.4 Å². The van der Waals surface area contributed by atoms with Crippen LogP contribution in [0, 0.1) is 11.6 Å². The number of benzene rings is 2. The van der Waals surface area contributed by atoms with Crippen molar-refractivity contribution in [3.05, 3.63) is 71.1 Å². The summed E-state index contributed by atoms with van der Waals surface area (Å²) in [5.74, 6) is -2.17. The number of fused-ring (bicyclic) bond motifs is 1. The number of amides is 1. The number of carbonyl (C=O) groups is 1. The number of piperidine rings is 1. The summed E-state index contributed by atoms with van der Waals surface area (Å²) < 4.78 is 35.5. The van der Waals surface area contributed by atoms with Crippen LogP contribution in [0.25, 0.3) is 16.9 Å². The van der Waals surface area contributed by atoms with Crippen molar-refractivity contribution in [3.8, 4) is 17.0 Å². The van der Waals surface area contributed by atoms with E-state index in [1.807, 2.05) is 0 Å². The first-order valence-corrected chi connectivity index (χ1v) is 12.7. The molecule has 204 valence electrons. The van der Waals surface area contributed by atoms with Crippen molar-refractivity contribution >= 4 is 34.7 Å². The van der Waals surface area contributed by atoms with Crippen molar-refractivity contribution in [2.45, 2.75) is 18.4 Å². The summed E-state index contributed by atoms with van der Waals surface area (Å²) in [6, 6.07) is 7.73. The smallest absolute Gasteiger partial charge is 0.255 e. The number of likely N-dealkylation sites (tertiary alicyclic amines) is 1. The molecular weight excluding hydrogens is 530 g/mol. The molecule has 1 aliphatic heterocycles. The van der Waals surface area contributed by atoms with E-state index in [1.54, 1.807) is 40.7 Å². The molecule has 9 nitrogen and oxygen atoms in total. The molecule has 2 aromatic carbocycles. The maximum Gasteiger partial charge on any atom is 0.255 e. The predicted octanol–water partition coefficient (Wildman–Crippen LogP) is 4.27. The molecule has 0 bridgehead atoms. The summed E-state index contributed by atoms with van der Waals surface area (Å²) in [6.45, 7) is 1.33. The molecule has 1 saturated heterocycles. The van der Waals surface area contributed by atoms with Crippen LogP contribution in [0.2, 0.25) is 5.02 Å². The number of hydrogen-bond acceptors (Lipinski definition) is 7. The van der Waals surface area contributed by atoms with Crippen LogP contribution in [0.3, 0.4) is 0 Å². The highest BCUT2D eigenvalue weighted by molar-refractivity contribution is 6.34. The largest absolute Gasteiger partial charge is 0.494 e. The van der Waals surface area contributed by atoms with Crippen LogP contribution in [0.5, 0.6) is 5.75 Å². The summed E-state index contributed by atoms with van der Waals surface area (Å²) in [6.07, 6.45) is 5.48. The quantitative estimate of drug-likeness (QED) is 0.312. The molecule has 5 rings (SSSR count). The minimum absolute atomic E-state index is 0.0194. The topological polar surface area (TPSA) is 104 Å². The number of ether oxygens (including phenoxy) is 1. The molecule has 4 aromatic rings. The zero-order valence-corrected chi connectivity index (χ0v) is 22.1. The third-order valence-corrected chi connectivity index (χ3v) is 7.23. The van der Waals surface area contributed by atoms with Crippen molar-refractivity contribution in [1.82, 2.24) is 24.6 Å². The summed E-state index contributed by atoms with van der Waals surface area (Å²) in [7, 11) is 3.05. The van der Waals surface area contributed by atoms with Crippen LogP contribution in [0.4, 0.5) is 20.3 Å². The number of nitrogens with one attached hydrogen (secondary N) is 2. The van der Waals surface area contributed by atoms with E-state index in [4.69, 9.17) is 16.3 Å². The number of halogens is 3. The maximum atomic E-state index is 14.8. The van der Waals surface area contributed by atoms with Crippen molar-refractivity contribution in [1.29, 1.82) is 0 Å². The fourth-order valence-electron chi connectivity index (χ4n) is 4.80. The molecule has 39 heavy (non-hydrogen) atoms. The van der Waals surface area contributed by atoms with Gasteiger partial charge in [-0.25, -0.2) is 14.4 Å². The van der Waals surface area contributed by atoms with Gasteiger partial charge in [-0.3, -0.25) is 9.20 Å². The number of aliphatic hydroxyl groups is 1. The van der Waals surface area contributed by atoms with Gasteiger partial charge in [0.05, 0.1) is 35.2 Å². The Morgan fingerprint density at radius 2 is 1.95 bits per heavy atom. The highest BCUT2D eigenvalue weighted by Gasteiger charge is 2.34. The molecule has 3 N–H and O–H groups in total. The third kappa shape index (κ3) is 5.12. The van der Waals surface area contributed by atoms with Crippen molar-refractivity contribution in [3.63, 3.8) is 0 Å². The zero-order valence-electron chi connectivity index (χ0n) is 21.3. The number of likely N-dealkylation sites (N-methyl/N-ethyl adjacent to an activating group) is 1. The lowest BCUT2D eigenvalue weighted by Crippen LogP contribution is -2.50. The zero-order chi connectivity index (χ0) is 27.7. The average Bonchev–Trinajstić information content (AvgIpc) is 3.35. The number of aromatic nitrogens is 3. The molecule has 1 aliphatic rings. The molecular formula is C27H27ClF2N6O3. The average molecular weight is 557 g/mol. The first-order chi connectivity index (χ1) is 18.7. The molecule has 0 aliphatic carbocycles. The molecule has 2 aromatic heterocycles. The highest BCUT2D eigenvalue weighted by atomic mass is 35.5. The van der Waals surface area contributed by atoms with Gasteiger partial charge in [-0.15, -0.1) is 0 Å². The number of anilines is 2. The number of nitrogens with zero attached hydrogens (tertiary/aromatic N) is 4. The van der Waals surface area contributed by atoms with E-state index >= 15 is 0 Å². The fraction of sp³-hybridized carbons (Fsp3) is 0.296. The lowest BCUT2D eigenvalue weighted by molar-refractivity contribution is -0.0143. The number of carbonyl (C=O) groups excluding carboxylic acids is 1. The third-order valence-electron chi connectivity index (χ3n) is 6.92. The van der Waals surface area contributed by atoms with Gasteiger partial charge < -0.3 is 25.4 Å². The summed E-state index contributed by atoms with van der Waals surface area (Å²) in [5, 5.41) is 17.0. The molecule has 0 atom stereocenters. The predicted molar refractivity (Wildman–Crippen MR) is 144 cm³/mol. The highest BCUT2D eigenvalue weighted by Crippen LogP contribution is 2.32. The van der Waals surface area contributed by atoms with E-state index in [-0.39, 0.29) is 22.2 Å². The SMILES string of the molecule is CNCC1(O)CCN(C(=O)c2ccc(Nc3nccn4c(-c5ccc(OC)c(F)c5F)cnc34)cc2Cl)CC1. The summed E-state index contributed by atoms with van der Waals surface area (Å²) >= 11 is 6.50. The Labute approximate surface area is 228 Å². The number of methoxy groups -OCH3 is 1. The Morgan fingerprint density at radius 3 is 2.64 bits per heavy atom. The molecule has 0 radical (unpaired) electrons. The second kappa shape index (κ2) is 10.8. The van der Waals surface area contributed by atoms with Gasteiger partial charge in [-0.05, 0) is 50.2 Å². The number of rotatable bonds is 7. The van der Waals surface area contributed by atoms with E-state index in [1.165, 1.54) is 31.6 Å². The van der Waals surface area contributed by atoms with Gasteiger partial charge in [-0.2, -0.15) is 4.39 Å². The maximum absolute atomic E-state index is 14.8. The number of hydrogen-bond donors (Lipinski definition) is 3. The molecule has 3 heterocycles. The van der Waals surface area contributed by atoms with E-state index in [0.717, 1.165) is 0 Å². The molecule has 1 amide bonds. The van der Waals surface area contributed by atoms with E-state index in [2.05, 4.69) is 20.6 Å². The van der Waals surface area contributed by atoms with Crippen LogP contribution < -0.4 is 15.4 Å². The molecule has 12 heteroatoms. The lowest BCUT2D eigenvalue weighted by Gasteiger charge is -2.38. The first kappa shape index (κ1) is 26.8. The minimum atomic E-state index is -1.08. The van der Waals surface area contributed by atoms with Gasteiger partial charge in [0.2, 0.25) is 5.82 Å². The monoisotopic (exact) mass is 556 g/mol. The molecule has 0 saturated carbocycles. The van der Waals surface area contributed by atoms with Gasteiger partial charge in [0, 0.05) is 43.3 Å². The lowest BCUT2D eigenvalue weighted by atomic mass is 9.91. The first-order valence-electron chi connectivity index (χ1n) is 12.3. The Hall–Kier alpha value is -3.80. The van der Waals surface area contributed by atoms with Gasteiger partial charge in [0.15, 0.2) is 23.0 Å². The van der Waals surface area contributed by atoms with Crippen LogP contribution in [0.1, 0.15) is 23.2 Å². The van der Waals surface area contributed by atoms with Gasteiger partial charge in [-0.1, -0.05) is 11.6 Å². The summed E-state index contributed by atoms with van der Waals surface area (Å²) in [5.41, 5.74) is 0.819. The normalized spacial score (nSPS) is 15.0. The van der Waals surface area contributed by atoms with E-state index < -0.39 is 17.2 Å². The van der Waals surface area contributed by atoms with Crippen LogP contribution in [0.15, 0.2) is 48.9 Å². The Kier molecular flexibility index (Phi) is 7.39. The van der Waals surface area contributed by atoms with Gasteiger partial charge >= 0.3 is 0 Å². The Morgan fingerprint density at radius 1 is 1.18 bits per heavy atom. The van der Waals surface area contributed by atoms with Crippen LogP contribution in [-0.2, 0) is 0 Å².